The number of anilines is 1. The number of nitrogens with zero attached hydrogens (tertiary/aromatic N) is 4. The minimum Gasteiger partial charge on any atom is -0.491 e. The van der Waals surface area contributed by atoms with E-state index in [1.54, 1.807) is 36.4 Å². The molecule has 0 aliphatic rings. The van der Waals surface area contributed by atoms with Crippen LogP contribution in [0.2, 0.25) is 0 Å². The Labute approximate surface area is 215 Å². The fourth-order valence-corrected chi connectivity index (χ4v) is 4.30. The number of rotatable bonds is 9. The Kier molecular flexibility index (Phi) is 8.01. The maximum absolute atomic E-state index is 13.5. The van der Waals surface area contributed by atoms with Crippen molar-refractivity contribution >= 4 is 17.6 Å². The molecule has 0 aliphatic carbocycles. The van der Waals surface area contributed by atoms with Crippen molar-refractivity contribution in [3.8, 4) is 40.5 Å². The average Bonchev–Trinajstić information content (AvgIpc) is 3.39. The van der Waals surface area contributed by atoms with E-state index in [0.717, 1.165) is 0 Å². The van der Waals surface area contributed by atoms with E-state index >= 15 is 0 Å². The summed E-state index contributed by atoms with van der Waals surface area (Å²) < 4.78 is 24.4. The molecule has 1 unspecified atom stereocenters. The summed E-state index contributed by atoms with van der Waals surface area (Å²) in [6, 6.07) is 16.6. The van der Waals surface area contributed by atoms with E-state index in [4.69, 9.17) is 20.0 Å². The number of halogens is 1. The van der Waals surface area contributed by atoms with E-state index in [1.807, 2.05) is 6.07 Å². The first kappa shape index (κ1) is 25.7. The molecule has 0 saturated heterocycles. The summed E-state index contributed by atoms with van der Waals surface area (Å²) in [5.74, 6) is 0.552. The van der Waals surface area contributed by atoms with E-state index in [-0.39, 0.29) is 35.2 Å². The number of nitrogen functional groups attached to an aromatic ring is 1. The molecule has 2 aromatic carbocycles. The number of benzene rings is 2. The van der Waals surface area contributed by atoms with Gasteiger partial charge in [-0.05, 0) is 35.9 Å². The zero-order chi connectivity index (χ0) is 26.4. The third kappa shape index (κ3) is 5.88. The lowest BCUT2D eigenvalue weighted by Gasteiger charge is -2.14. The second-order valence-electron chi connectivity index (χ2n) is 7.77. The van der Waals surface area contributed by atoms with Crippen molar-refractivity contribution in [2.75, 3.05) is 18.9 Å². The van der Waals surface area contributed by atoms with Crippen molar-refractivity contribution in [1.82, 2.24) is 9.97 Å². The smallest absolute Gasteiger partial charge is 0.226 e. The number of nitriles is 2. The van der Waals surface area contributed by atoms with Crippen LogP contribution in [0.5, 0.6) is 5.75 Å². The minimum atomic E-state index is -1.01. The molecule has 2 aromatic heterocycles. The molecule has 0 aliphatic heterocycles. The molecule has 0 radical (unpaired) electrons. The first-order valence-electron chi connectivity index (χ1n) is 10.9. The van der Waals surface area contributed by atoms with Crippen molar-refractivity contribution in [3.63, 3.8) is 0 Å². The van der Waals surface area contributed by atoms with Crippen molar-refractivity contribution in [3.05, 3.63) is 77.4 Å². The number of aromatic nitrogens is 2. The highest BCUT2D eigenvalue weighted by molar-refractivity contribution is 7.98. The van der Waals surface area contributed by atoms with Gasteiger partial charge in [-0.2, -0.15) is 10.5 Å². The highest BCUT2D eigenvalue weighted by atomic mass is 32.2. The predicted octanol–water partition coefficient (Wildman–Crippen LogP) is 3.89. The van der Waals surface area contributed by atoms with Gasteiger partial charge in [0.05, 0.1) is 17.9 Å². The van der Waals surface area contributed by atoms with Crippen LogP contribution < -0.4 is 10.5 Å². The van der Waals surface area contributed by atoms with Crippen LogP contribution in [0.15, 0.2) is 64.2 Å². The number of ether oxygens (including phenoxy) is 1. The van der Waals surface area contributed by atoms with Gasteiger partial charge >= 0.3 is 0 Å². The summed E-state index contributed by atoms with van der Waals surface area (Å²) in [6.07, 6.45) is 0.434. The maximum atomic E-state index is 13.5. The number of hydrogen-bond donors (Lipinski definition) is 3. The van der Waals surface area contributed by atoms with Gasteiger partial charge in [0.25, 0.3) is 0 Å². The van der Waals surface area contributed by atoms with Crippen LogP contribution in [-0.4, -0.2) is 39.5 Å². The summed E-state index contributed by atoms with van der Waals surface area (Å²) in [5.41, 5.74) is 8.25. The Morgan fingerprint density at radius 2 is 1.84 bits per heavy atom. The lowest BCUT2D eigenvalue weighted by atomic mass is 9.97. The number of nitrogens with two attached hydrogens (primary N) is 1. The molecule has 37 heavy (non-hydrogen) atoms. The largest absolute Gasteiger partial charge is 0.491 e. The quantitative estimate of drug-likeness (QED) is 0.278. The SMILES string of the molecule is N#Cc1c(N)nc(SCc2coc(-c3cccc(F)c3)n2)c(C#N)c1-c1ccc(OCC(O)CO)cc1. The Morgan fingerprint density at radius 3 is 2.51 bits per heavy atom. The topological polar surface area (TPSA) is 162 Å². The number of hydrogen-bond acceptors (Lipinski definition) is 10. The van der Waals surface area contributed by atoms with E-state index in [1.165, 1.54) is 30.2 Å². The fourth-order valence-electron chi connectivity index (χ4n) is 3.42. The first-order valence-corrected chi connectivity index (χ1v) is 11.9. The molecular weight excluding hydrogens is 497 g/mol. The lowest BCUT2D eigenvalue weighted by Crippen LogP contribution is -2.21. The van der Waals surface area contributed by atoms with Gasteiger partial charge in [0.2, 0.25) is 5.89 Å². The van der Waals surface area contributed by atoms with Gasteiger partial charge in [-0.1, -0.05) is 30.0 Å². The van der Waals surface area contributed by atoms with E-state index in [9.17, 15) is 20.0 Å². The molecule has 0 spiro atoms. The Balaban J connectivity index is 1.60. The molecule has 11 heteroatoms. The number of aliphatic hydroxyl groups excluding tert-OH is 2. The minimum absolute atomic E-state index is 0.0222. The summed E-state index contributed by atoms with van der Waals surface area (Å²) in [4.78, 5) is 8.66. The van der Waals surface area contributed by atoms with Gasteiger partial charge in [0, 0.05) is 16.9 Å². The van der Waals surface area contributed by atoms with Crippen LogP contribution in [-0.2, 0) is 5.75 Å². The predicted molar refractivity (Wildman–Crippen MR) is 134 cm³/mol. The van der Waals surface area contributed by atoms with Gasteiger partial charge in [-0.15, -0.1) is 0 Å². The summed E-state index contributed by atoms with van der Waals surface area (Å²) >= 11 is 1.20. The highest BCUT2D eigenvalue weighted by Gasteiger charge is 2.21. The number of thioether (sulfide) groups is 1. The first-order chi connectivity index (χ1) is 17.9. The van der Waals surface area contributed by atoms with Crippen LogP contribution in [0.25, 0.3) is 22.6 Å². The normalized spacial score (nSPS) is 11.5. The van der Waals surface area contributed by atoms with Crippen molar-refractivity contribution in [1.29, 1.82) is 10.5 Å². The van der Waals surface area contributed by atoms with Crippen molar-refractivity contribution < 1.29 is 23.8 Å². The number of pyridine rings is 1. The summed E-state index contributed by atoms with van der Waals surface area (Å²) in [6.45, 7) is -0.513. The fraction of sp³-hybridized carbons (Fsp3) is 0.154. The third-order valence-corrected chi connectivity index (χ3v) is 6.20. The molecule has 2 heterocycles. The number of aliphatic hydroxyl groups is 2. The Morgan fingerprint density at radius 1 is 1.08 bits per heavy atom. The Bertz CT molecular complexity index is 1490. The third-order valence-electron chi connectivity index (χ3n) is 5.19. The highest BCUT2D eigenvalue weighted by Crippen LogP contribution is 2.37. The van der Waals surface area contributed by atoms with Crippen molar-refractivity contribution in [2.45, 2.75) is 16.9 Å². The van der Waals surface area contributed by atoms with E-state index in [2.05, 4.69) is 16.0 Å². The van der Waals surface area contributed by atoms with Gasteiger partial charge in [0.15, 0.2) is 0 Å². The van der Waals surface area contributed by atoms with Crippen LogP contribution in [0.4, 0.5) is 10.2 Å². The van der Waals surface area contributed by atoms with Gasteiger partial charge in [-0.25, -0.2) is 14.4 Å². The second-order valence-corrected chi connectivity index (χ2v) is 8.73. The molecular formula is C26H20FN5O4S. The van der Waals surface area contributed by atoms with Crippen LogP contribution >= 0.6 is 11.8 Å². The molecule has 0 fully saturated rings. The van der Waals surface area contributed by atoms with Crippen LogP contribution in [0, 0.1) is 28.5 Å². The molecule has 4 N–H and O–H groups in total. The van der Waals surface area contributed by atoms with Gasteiger partial charge in [-0.3, -0.25) is 0 Å². The van der Waals surface area contributed by atoms with E-state index in [0.29, 0.717) is 33.2 Å². The van der Waals surface area contributed by atoms with Crippen LogP contribution in [0.1, 0.15) is 16.8 Å². The van der Waals surface area contributed by atoms with E-state index < -0.39 is 18.5 Å². The second kappa shape index (κ2) is 11.5. The molecule has 1 atom stereocenters. The molecule has 9 nitrogen and oxygen atoms in total. The van der Waals surface area contributed by atoms with Crippen LogP contribution in [0.3, 0.4) is 0 Å². The summed E-state index contributed by atoms with van der Waals surface area (Å²) in [7, 11) is 0. The standard InChI is InChI=1S/C26H20FN5O4S/c27-17-3-1-2-16(8-17)25-31-18(12-36-25)14-37-26-22(10-29)23(21(9-28)24(30)32-26)15-4-6-20(7-5-15)35-13-19(34)11-33/h1-8,12,19,33-34H,11,13-14H2,(H2,30,32). The van der Waals surface area contributed by atoms with Gasteiger partial charge in [0.1, 0.15) is 59.1 Å². The molecule has 0 saturated carbocycles. The summed E-state index contributed by atoms with van der Waals surface area (Å²) in [5, 5.41) is 38.4. The lowest BCUT2D eigenvalue weighted by molar-refractivity contribution is 0.0536. The Hall–Kier alpha value is -4.42. The van der Waals surface area contributed by atoms with Crippen molar-refractivity contribution in [2.24, 2.45) is 0 Å². The zero-order valence-corrected chi connectivity index (χ0v) is 20.1. The molecule has 186 valence electrons. The zero-order valence-electron chi connectivity index (χ0n) is 19.3. The molecule has 0 amide bonds. The van der Waals surface area contributed by atoms with Gasteiger partial charge < -0.3 is 25.1 Å². The number of oxazole rings is 1. The molecule has 4 aromatic rings. The molecule has 4 rings (SSSR count). The molecule has 0 bridgehead atoms. The average molecular weight is 518 g/mol. The maximum Gasteiger partial charge on any atom is 0.226 e. The monoisotopic (exact) mass is 517 g/mol.